The van der Waals surface area contributed by atoms with E-state index in [1.165, 1.54) is 0 Å². The average molecular weight is 394 g/mol. The molecular formula is C12H22N6O9+2. The molecule has 2 aliphatic heterocycles. The highest BCUT2D eigenvalue weighted by Crippen LogP contribution is 2.28. The zero-order valence-electron chi connectivity index (χ0n) is 13.9. The van der Waals surface area contributed by atoms with Crippen LogP contribution in [-0.4, -0.2) is 105 Å². The first-order chi connectivity index (χ1) is 12.8. The summed E-state index contributed by atoms with van der Waals surface area (Å²) < 4.78 is 15.9. The lowest BCUT2D eigenvalue weighted by Crippen LogP contribution is -2.63. The molecule has 2 rings (SSSR count). The van der Waals surface area contributed by atoms with Crippen LogP contribution in [0.5, 0.6) is 0 Å². The fraction of sp³-hybridized carbons (Fsp3) is 1.00. The number of nitrogens with one attached hydrogen (secondary N) is 2. The molecule has 15 nitrogen and oxygen atoms in total. The fourth-order valence-corrected chi connectivity index (χ4v) is 2.73. The Hall–Kier alpha value is -1.74. The highest BCUT2D eigenvalue weighted by atomic mass is 16.8. The van der Waals surface area contributed by atoms with Crippen LogP contribution < -0.4 is 9.82 Å². The first kappa shape index (κ1) is 21.6. The van der Waals surface area contributed by atoms with Crippen molar-refractivity contribution in [3.63, 3.8) is 0 Å². The van der Waals surface area contributed by atoms with Gasteiger partial charge in [-0.15, -0.1) is 0 Å². The van der Waals surface area contributed by atoms with Crippen molar-refractivity contribution in [2.24, 2.45) is 10.2 Å². The summed E-state index contributed by atoms with van der Waals surface area (Å²) in [6.45, 7) is -0.619. The van der Waals surface area contributed by atoms with Gasteiger partial charge in [-0.25, -0.2) is 0 Å². The number of aliphatic hydroxyl groups excluding tert-OH is 6. The van der Waals surface area contributed by atoms with E-state index in [0.29, 0.717) is 0 Å². The highest BCUT2D eigenvalue weighted by molar-refractivity contribution is 4.93. The predicted octanol–water partition coefficient (Wildman–Crippen LogP) is -4.28. The van der Waals surface area contributed by atoms with Gasteiger partial charge in [0.1, 0.15) is 70.1 Å². The van der Waals surface area contributed by atoms with Gasteiger partial charge in [0.15, 0.2) is 25.7 Å². The molecule has 0 bridgehead atoms. The topological polar surface area (TPSA) is 250 Å². The van der Waals surface area contributed by atoms with E-state index in [0.717, 1.165) is 0 Å². The third-order valence-electron chi connectivity index (χ3n) is 4.27. The average Bonchev–Trinajstić information content (AvgIpc) is 2.66. The molecule has 0 aromatic carbocycles. The molecule has 2 heterocycles. The van der Waals surface area contributed by atoms with Crippen molar-refractivity contribution in [2.75, 3.05) is 13.1 Å². The molecule has 2 aliphatic rings. The second-order valence-corrected chi connectivity index (χ2v) is 6.01. The summed E-state index contributed by atoms with van der Waals surface area (Å²) in [5.74, 6) is 0. The Morgan fingerprint density at radius 1 is 0.667 bits per heavy atom. The van der Waals surface area contributed by atoms with Crippen LogP contribution in [0.4, 0.5) is 0 Å². The summed E-state index contributed by atoms with van der Waals surface area (Å²) in [7, 11) is 0. The molecule has 2 fully saturated rings. The smallest absolute Gasteiger partial charge is 0.214 e. The molecule has 8 N–H and O–H groups in total. The Bertz CT molecular complexity index is 550. The van der Waals surface area contributed by atoms with Crippen LogP contribution in [0.1, 0.15) is 0 Å². The van der Waals surface area contributed by atoms with Crippen LogP contribution in [0.15, 0.2) is 10.2 Å². The van der Waals surface area contributed by atoms with E-state index in [4.69, 9.17) is 25.3 Å². The van der Waals surface area contributed by atoms with Crippen molar-refractivity contribution < 1.29 is 44.8 Å². The molecule has 2 saturated heterocycles. The van der Waals surface area contributed by atoms with E-state index >= 15 is 0 Å². The van der Waals surface area contributed by atoms with Crippen LogP contribution in [0.25, 0.3) is 0 Å². The van der Waals surface area contributed by atoms with Crippen molar-refractivity contribution in [1.29, 1.82) is 11.1 Å². The standard InChI is InChI=1S/C12H22N6O9/c13-17-15-1-3-5(19)7(21)9(23)11(25-3)27-12-10(24)8(22)6(20)4(26-12)2-16-18-14/h3-14,19-24H,1-2H2/q+2/t3-,4-,5-,6-,7+,8+,9-,10-,11-,12-/m1/s1. The third-order valence-corrected chi connectivity index (χ3v) is 4.27. The largest absolute Gasteiger partial charge is 0.388 e. The molecule has 0 aromatic rings. The molecule has 152 valence electrons. The van der Waals surface area contributed by atoms with Gasteiger partial charge in [0.25, 0.3) is 0 Å². The normalized spacial score (nSPS) is 44.8. The van der Waals surface area contributed by atoms with E-state index in [-0.39, 0.29) is 13.1 Å². The maximum absolute atomic E-state index is 10.0. The van der Waals surface area contributed by atoms with Gasteiger partial charge in [0.05, 0.1) is 0 Å². The molecule has 0 aliphatic carbocycles. The zero-order valence-corrected chi connectivity index (χ0v) is 13.9. The lowest BCUT2D eigenvalue weighted by atomic mass is 9.97. The molecule has 0 spiro atoms. The van der Waals surface area contributed by atoms with Crippen LogP contribution in [0, 0.1) is 11.1 Å². The van der Waals surface area contributed by atoms with Crippen molar-refractivity contribution in [2.45, 2.75) is 61.4 Å². The lowest BCUT2D eigenvalue weighted by Gasteiger charge is -2.44. The SMILES string of the molecule is N=[N+]=NC[C@H]1O[C@H](O[C@H]2O[C@H](CN=[N+]=N)[C@@H](O)[C@H](O)[C@H]2O)[C@H](O)[C@@H](O)[C@@H]1O. The summed E-state index contributed by atoms with van der Waals surface area (Å²) in [6.07, 6.45) is -15.5. The van der Waals surface area contributed by atoms with E-state index < -0.39 is 61.4 Å². The second kappa shape index (κ2) is 9.45. The summed E-state index contributed by atoms with van der Waals surface area (Å²) in [4.78, 5) is 5.51. The molecule has 0 saturated carbocycles. The Kier molecular flexibility index (Phi) is 7.55. The predicted molar refractivity (Wildman–Crippen MR) is 78.7 cm³/mol. The molecule has 0 radical (unpaired) electrons. The number of ether oxygens (including phenoxy) is 3. The summed E-state index contributed by atoms with van der Waals surface area (Å²) in [5.41, 5.74) is 13.2. The lowest BCUT2D eigenvalue weighted by molar-refractivity contribution is -0.371. The van der Waals surface area contributed by atoms with Gasteiger partial charge >= 0.3 is 0 Å². The van der Waals surface area contributed by atoms with Gasteiger partial charge in [-0.3, -0.25) is 0 Å². The van der Waals surface area contributed by atoms with Gasteiger partial charge in [-0.1, -0.05) is 0 Å². The zero-order chi connectivity index (χ0) is 20.1. The highest BCUT2D eigenvalue weighted by Gasteiger charge is 2.50. The third kappa shape index (κ3) is 4.76. The van der Waals surface area contributed by atoms with Gasteiger partial charge < -0.3 is 44.8 Å². The summed E-state index contributed by atoms with van der Waals surface area (Å²) >= 11 is 0. The fourth-order valence-electron chi connectivity index (χ4n) is 2.73. The van der Waals surface area contributed by atoms with Crippen molar-refractivity contribution in [1.82, 2.24) is 9.82 Å². The number of hydrogen-bond acceptors (Lipinski definition) is 13. The van der Waals surface area contributed by atoms with Crippen molar-refractivity contribution in [3.05, 3.63) is 0 Å². The summed E-state index contributed by atoms with van der Waals surface area (Å²) in [6, 6.07) is 0. The quantitative estimate of drug-likeness (QED) is 0.160. The number of rotatable bonds is 6. The molecule has 10 atom stereocenters. The second-order valence-electron chi connectivity index (χ2n) is 6.01. The Labute approximate surface area is 151 Å². The first-order valence-electron chi connectivity index (χ1n) is 7.93. The molecule has 15 heteroatoms. The van der Waals surface area contributed by atoms with Gasteiger partial charge in [0, 0.05) is 0 Å². The van der Waals surface area contributed by atoms with Crippen LogP contribution in [0.3, 0.4) is 0 Å². The number of hydrogen-bond donors (Lipinski definition) is 8. The Morgan fingerprint density at radius 2 is 1.04 bits per heavy atom. The summed E-state index contributed by atoms with van der Waals surface area (Å²) in [5, 5.41) is 66.3. The van der Waals surface area contributed by atoms with Gasteiger partial charge in [0.2, 0.25) is 9.82 Å². The minimum absolute atomic E-state index is 0.309. The van der Waals surface area contributed by atoms with E-state index in [2.05, 4.69) is 20.1 Å². The van der Waals surface area contributed by atoms with Crippen LogP contribution in [0.2, 0.25) is 0 Å². The molecule has 0 unspecified atom stereocenters. The first-order valence-corrected chi connectivity index (χ1v) is 7.93. The molecule has 0 amide bonds. The Balaban J connectivity index is 2.11. The number of aliphatic hydroxyl groups is 6. The molecular weight excluding hydrogens is 372 g/mol. The molecule has 0 aromatic heterocycles. The molecule has 27 heavy (non-hydrogen) atoms. The van der Waals surface area contributed by atoms with Crippen LogP contribution >= 0.6 is 0 Å². The Morgan fingerprint density at radius 3 is 1.37 bits per heavy atom. The van der Waals surface area contributed by atoms with E-state index in [1.54, 1.807) is 0 Å². The van der Waals surface area contributed by atoms with E-state index in [9.17, 15) is 30.6 Å². The monoisotopic (exact) mass is 394 g/mol. The van der Waals surface area contributed by atoms with Crippen molar-refractivity contribution >= 4 is 0 Å². The van der Waals surface area contributed by atoms with Crippen molar-refractivity contribution in [3.8, 4) is 0 Å². The van der Waals surface area contributed by atoms with Gasteiger partial charge in [-0.05, 0) is 0 Å². The minimum Gasteiger partial charge on any atom is -0.388 e. The van der Waals surface area contributed by atoms with E-state index in [1.807, 2.05) is 0 Å². The van der Waals surface area contributed by atoms with Crippen LogP contribution in [-0.2, 0) is 14.2 Å². The minimum atomic E-state index is -1.74. The van der Waals surface area contributed by atoms with Gasteiger partial charge in [-0.2, -0.15) is 0 Å². The number of nitrogens with zero attached hydrogens (tertiary/aromatic N) is 4. The maximum Gasteiger partial charge on any atom is 0.214 e. The maximum atomic E-state index is 10.0.